The van der Waals surface area contributed by atoms with Gasteiger partial charge in [0.1, 0.15) is 18.2 Å². The van der Waals surface area contributed by atoms with E-state index in [1.807, 2.05) is 24.3 Å². The summed E-state index contributed by atoms with van der Waals surface area (Å²) in [6.07, 6.45) is 0.558. The largest absolute Gasteiger partial charge is 0.492 e. The molecule has 0 saturated heterocycles. The molecule has 0 aromatic heterocycles. The molecule has 1 aromatic rings. The molecule has 0 unspecified atom stereocenters. The average Bonchev–Trinajstić information content (AvgIpc) is 2.44. The summed E-state index contributed by atoms with van der Waals surface area (Å²) >= 11 is 3.38. The van der Waals surface area contributed by atoms with E-state index in [0.29, 0.717) is 13.0 Å². The summed E-state index contributed by atoms with van der Waals surface area (Å²) in [6.45, 7) is 5.17. The van der Waals surface area contributed by atoms with E-state index in [-0.39, 0.29) is 5.84 Å². The summed E-state index contributed by atoms with van der Waals surface area (Å²) in [5, 5.41) is 11.4. The van der Waals surface area contributed by atoms with Crippen molar-refractivity contribution in [3.63, 3.8) is 0 Å². The normalized spacial score (nSPS) is 11.8. The van der Waals surface area contributed by atoms with Gasteiger partial charge in [0.05, 0.1) is 0 Å². The van der Waals surface area contributed by atoms with Crippen LogP contribution >= 0.6 is 15.9 Å². The minimum absolute atomic E-state index is 0.257. The highest BCUT2D eigenvalue weighted by Crippen LogP contribution is 2.15. The Morgan fingerprint density at radius 1 is 1.37 bits per heavy atom. The molecule has 0 saturated carbocycles. The SMILES string of the molecule is CCN(CCOc1ccc(Br)cc1)CC/C(N)=N/O. The lowest BCUT2D eigenvalue weighted by atomic mass is 10.3. The smallest absolute Gasteiger partial charge is 0.140 e. The van der Waals surface area contributed by atoms with Gasteiger partial charge < -0.3 is 15.7 Å². The first kappa shape index (κ1) is 15.8. The number of likely N-dealkylation sites (N-methyl/N-ethyl adjacent to an activating group) is 1. The third kappa shape index (κ3) is 6.45. The molecule has 0 radical (unpaired) electrons. The van der Waals surface area contributed by atoms with E-state index in [2.05, 4.69) is 32.9 Å². The fourth-order valence-electron chi connectivity index (χ4n) is 1.57. The topological polar surface area (TPSA) is 71.1 Å². The Morgan fingerprint density at radius 3 is 2.63 bits per heavy atom. The summed E-state index contributed by atoms with van der Waals surface area (Å²) in [7, 11) is 0. The van der Waals surface area contributed by atoms with E-state index in [0.717, 1.165) is 29.9 Å². The van der Waals surface area contributed by atoms with E-state index in [1.165, 1.54) is 0 Å². The Labute approximate surface area is 122 Å². The van der Waals surface area contributed by atoms with Gasteiger partial charge in [-0.3, -0.25) is 4.90 Å². The lowest BCUT2D eigenvalue weighted by Gasteiger charge is -2.20. The van der Waals surface area contributed by atoms with Gasteiger partial charge in [-0.05, 0) is 30.8 Å². The lowest BCUT2D eigenvalue weighted by Crippen LogP contribution is -2.31. The van der Waals surface area contributed by atoms with Crippen LogP contribution in [0.15, 0.2) is 33.9 Å². The van der Waals surface area contributed by atoms with E-state index < -0.39 is 0 Å². The van der Waals surface area contributed by atoms with Crippen molar-refractivity contribution in [3.05, 3.63) is 28.7 Å². The molecule has 3 N–H and O–H groups in total. The van der Waals surface area contributed by atoms with Crippen molar-refractivity contribution in [1.82, 2.24) is 4.90 Å². The van der Waals surface area contributed by atoms with Gasteiger partial charge in [-0.25, -0.2) is 0 Å². The van der Waals surface area contributed by atoms with Crippen LogP contribution in [0, 0.1) is 0 Å². The number of halogens is 1. The molecule has 0 aliphatic carbocycles. The molecule has 0 aliphatic rings. The van der Waals surface area contributed by atoms with Crippen LogP contribution in [0.25, 0.3) is 0 Å². The number of ether oxygens (including phenoxy) is 1. The first-order valence-corrected chi connectivity index (χ1v) is 7.02. The maximum Gasteiger partial charge on any atom is 0.140 e. The fraction of sp³-hybridized carbons (Fsp3) is 0.462. The lowest BCUT2D eigenvalue weighted by molar-refractivity contribution is 0.218. The first-order chi connectivity index (χ1) is 9.15. The zero-order valence-electron chi connectivity index (χ0n) is 11.1. The highest BCUT2D eigenvalue weighted by molar-refractivity contribution is 9.10. The molecule has 19 heavy (non-hydrogen) atoms. The second-order valence-corrected chi connectivity index (χ2v) is 4.99. The summed E-state index contributed by atoms with van der Waals surface area (Å²) in [5.41, 5.74) is 5.45. The Hall–Kier alpha value is -1.27. The van der Waals surface area contributed by atoms with Gasteiger partial charge in [-0.15, -0.1) is 0 Å². The quantitative estimate of drug-likeness (QED) is 0.332. The number of rotatable bonds is 8. The molecule has 1 aromatic carbocycles. The highest BCUT2D eigenvalue weighted by atomic mass is 79.9. The number of amidine groups is 1. The Kier molecular flexibility index (Phi) is 7.28. The predicted octanol–water partition coefficient (Wildman–Crippen LogP) is 2.29. The standard InChI is InChI=1S/C13H20BrN3O2/c1-2-17(8-7-13(15)16-18)9-10-19-12-5-3-11(14)4-6-12/h3-6,18H,2,7-10H2,1H3,(H2,15,16). The van der Waals surface area contributed by atoms with Crippen molar-refractivity contribution in [3.8, 4) is 5.75 Å². The molecule has 0 aliphatic heterocycles. The maximum atomic E-state index is 8.48. The van der Waals surface area contributed by atoms with Gasteiger partial charge in [0.25, 0.3) is 0 Å². The molecule has 0 bridgehead atoms. The van der Waals surface area contributed by atoms with Crippen LogP contribution in [0.1, 0.15) is 13.3 Å². The number of benzene rings is 1. The number of hydrogen-bond donors (Lipinski definition) is 2. The molecule has 0 fully saturated rings. The summed E-state index contributed by atoms with van der Waals surface area (Å²) in [5.74, 6) is 1.11. The van der Waals surface area contributed by atoms with Crippen LogP contribution in [0.5, 0.6) is 5.75 Å². The van der Waals surface area contributed by atoms with Crippen molar-refractivity contribution in [2.45, 2.75) is 13.3 Å². The molecular formula is C13H20BrN3O2. The number of nitrogens with two attached hydrogens (primary N) is 1. The van der Waals surface area contributed by atoms with Gasteiger partial charge in [0.2, 0.25) is 0 Å². The van der Waals surface area contributed by atoms with E-state index >= 15 is 0 Å². The molecule has 0 spiro atoms. The van der Waals surface area contributed by atoms with Crippen LogP contribution in [-0.4, -0.2) is 42.2 Å². The molecular weight excluding hydrogens is 310 g/mol. The minimum Gasteiger partial charge on any atom is -0.492 e. The van der Waals surface area contributed by atoms with Gasteiger partial charge in [-0.2, -0.15) is 0 Å². The molecule has 106 valence electrons. The zero-order valence-corrected chi connectivity index (χ0v) is 12.6. The van der Waals surface area contributed by atoms with E-state index in [4.69, 9.17) is 15.7 Å². The Bertz CT molecular complexity index is 395. The van der Waals surface area contributed by atoms with Crippen molar-refractivity contribution in [2.75, 3.05) is 26.2 Å². The van der Waals surface area contributed by atoms with Crippen LogP contribution in [0.3, 0.4) is 0 Å². The average molecular weight is 330 g/mol. The molecule has 0 amide bonds. The summed E-state index contributed by atoms with van der Waals surface area (Å²) in [4.78, 5) is 2.19. The summed E-state index contributed by atoms with van der Waals surface area (Å²) < 4.78 is 6.69. The van der Waals surface area contributed by atoms with Crippen molar-refractivity contribution in [1.29, 1.82) is 0 Å². The van der Waals surface area contributed by atoms with E-state index in [1.54, 1.807) is 0 Å². The van der Waals surface area contributed by atoms with Crippen molar-refractivity contribution >= 4 is 21.8 Å². The maximum absolute atomic E-state index is 8.48. The van der Waals surface area contributed by atoms with Gasteiger partial charge in [-0.1, -0.05) is 28.0 Å². The van der Waals surface area contributed by atoms with Crippen molar-refractivity contribution in [2.24, 2.45) is 10.9 Å². The van der Waals surface area contributed by atoms with Crippen LogP contribution in [0.4, 0.5) is 0 Å². The zero-order chi connectivity index (χ0) is 14.1. The van der Waals surface area contributed by atoms with Crippen LogP contribution in [0.2, 0.25) is 0 Å². The van der Waals surface area contributed by atoms with E-state index in [9.17, 15) is 0 Å². The second kappa shape index (κ2) is 8.77. The fourth-order valence-corrected chi connectivity index (χ4v) is 1.84. The van der Waals surface area contributed by atoms with Crippen LogP contribution < -0.4 is 10.5 Å². The van der Waals surface area contributed by atoms with Gasteiger partial charge >= 0.3 is 0 Å². The Balaban J connectivity index is 2.27. The third-order valence-corrected chi connectivity index (χ3v) is 3.28. The second-order valence-electron chi connectivity index (χ2n) is 4.08. The molecule has 0 atom stereocenters. The molecule has 0 heterocycles. The van der Waals surface area contributed by atoms with Crippen molar-refractivity contribution < 1.29 is 9.94 Å². The predicted molar refractivity (Wildman–Crippen MR) is 79.8 cm³/mol. The summed E-state index contributed by atoms with van der Waals surface area (Å²) in [6, 6.07) is 7.75. The minimum atomic E-state index is 0.257. The Morgan fingerprint density at radius 2 is 2.05 bits per heavy atom. The molecule has 5 nitrogen and oxygen atoms in total. The van der Waals surface area contributed by atoms with Gasteiger partial charge in [0, 0.05) is 24.0 Å². The molecule has 6 heteroatoms. The monoisotopic (exact) mass is 329 g/mol. The first-order valence-electron chi connectivity index (χ1n) is 6.22. The van der Waals surface area contributed by atoms with Gasteiger partial charge in [0.15, 0.2) is 0 Å². The highest BCUT2D eigenvalue weighted by Gasteiger charge is 2.04. The number of oxime groups is 1. The number of hydrogen-bond acceptors (Lipinski definition) is 4. The van der Waals surface area contributed by atoms with Crippen LogP contribution in [-0.2, 0) is 0 Å². The third-order valence-electron chi connectivity index (χ3n) is 2.75. The molecule has 1 rings (SSSR count). The number of nitrogens with zero attached hydrogens (tertiary/aromatic N) is 2.